The zero-order valence-electron chi connectivity index (χ0n) is 36.4. The summed E-state index contributed by atoms with van der Waals surface area (Å²) in [5.74, 6) is -3.61. The molecule has 67 heavy (non-hydrogen) atoms. The third-order valence-corrected chi connectivity index (χ3v) is 13.7. The lowest BCUT2D eigenvalue weighted by Gasteiger charge is -2.37. The van der Waals surface area contributed by atoms with E-state index in [-0.39, 0.29) is 65.3 Å². The molecule has 3 amide bonds. The van der Waals surface area contributed by atoms with Gasteiger partial charge in [-0.15, -0.1) is 0 Å². The van der Waals surface area contributed by atoms with Gasteiger partial charge in [-0.3, -0.25) is 38.7 Å². The number of aromatic nitrogens is 4. The van der Waals surface area contributed by atoms with Crippen LogP contribution in [-0.2, 0) is 24.6 Å². The molecule has 1 unspecified atom stereocenters. The van der Waals surface area contributed by atoms with Crippen molar-refractivity contribution in [3.8, 4) is 29.0 Å². The van der Waals surface area contributed by atoms with E-state index in [1.54, 1.807) is 30.0 Å². The SMILES string of the molecule is CCN(C)S(=O)(=O)Nc1ccc(F)c(Oc2ccc3ncn(-c4cnc(N5CCN(C(=O)CN6CCC(c7ccc(NC8CCC(=O)NC8=O)cc7F)CC6)CC5)nc4)c(=O)c3c2O)c1C#N. The van der Waals surface area contributed by atoms with Crippen LogP contribution in [0.4, 0.5) is 26.1 Å². The Morgan fingerprint density at radius 2 is 1.72 bits per heavy atom. The van der Waals surface area contributed by atoms with Gasteiger partial charge in [0.05, 0.1) is 35.8 Å². The molecule has 1 atom stereocenters. The number of anilines is 3. The van der Waals surface area contributed by atoms with Gasteiger partial charge in [-0.2, -0.15) is 18.0 Å². The highest BCUT2D eigenvalue weighted by Crippen LogP contribution is 2.39. The Labute approximate surface area is 383 Å². The van der Waals surface area contributed by atoms with Crippen LogP contribution < -0.4 is 30.6 Å². The molecule has 0 radical (unpaired) electrons. The molecule has 3 aliphatic rings. The highest BCUT2D eigenvalue weighted by atomic mass is 32.2. The molecule has 23 heteroatoms. The van der Waals surface area contributed by atoms with Crippen molar-refractivity contribution in [3.63, 3.8) is 0 Å². The molecule has 3 saturated heterocycles. The number of nitrogens with zero attached hydrogens (tertiary/aromatic N) is 9. The minimum absolute atomic E-state index is 0.0172. The molecule has 3 aromatic carbocycles. The van der Waals surface area contributed by atoms with Crippen molar-refractivity contribution < 1.29 is 41.4 Å². The van der Waals surface area contributed by atoms with Gasteiger partial charge in [0.1, 0.15) is 35.2 Å². The Kier molecular flexibility index (Phi) is 13.3. The summed E-state index contributed by atoms with van der Waals surface area (Å²) in [6.45, 7) is 4.96. The fraction of sp³-hybridized carbons (Fsp3) is 0.364. The first-order valence-corrected chi connectivity index (χ1v) is 22.9. The van der Waals surface area contributed by atoms with Gasteiger partial charge in [0.2, 0.25) is 23.7 Å². The second-order valence-electron chi connectivity index (χ2n) is 16.3. The maximum absolute atomic E-state index is 15.2. The molecule has 5 aromatic rings. The van der Waals surface area contributed by atoms with Crippen LogP contribution in [0, 0.1) is 23.0 Å². The van der Waals surface area contributed by atoms with Crippen LogP contribution in [0.25, 0.3) is 16.6 Å². The van der Waals surface area contributed by atoms with Crippen molar-refractivity contribution in [1.29, 1.82) is 5.26 Å². The number of nitrogens with one attached hydrogen (secondary N) is 3. The number of halogens is 2. The largest absolute Gasteiger partial charge is 0.504 e. The van der Waals surface area contributed by atoms with Crippen LogP contribution in [0.2, 0.25) is 0 Å². The zero-order valence-corrected chi connectivity index (χ0v) is 37.2. The molecule has 0 aliphatic carbocycles. The third kappa shape index (κ3) is 9.81. The molecule has 5 heterocycles. The monoisotopic (exact) mass is 940 g/mol. The molecule has 2 aromatic heterocycles. The number of fused-ring (bicyclic) bond motifs is 1. The topological polar surface area (TPSA) is 248 Å². The molecular weight excluding hydrogens is 895 g/mol. The second kappa shape index (κ2) is 19.3. The number of carbonyl (C=O) groups excluding carboxylic acids is 3. The minimum atomic E-state index is -4.10. The van der Waals surface area contributed by atoms with Gasteiger partial charge >= 0.3 is 10.2 Å². The number of hydrogen-bond acceptors (Lipinski definition) is 15. The molecule has 3 aliphatic heterocycles. The predicted molar refractivity (Wildman–Crippen MR) is 240 cm³/mol. The molecule has 350 valence electrons. The summed E-state index contributed by atoms with van der Waals surface area (Å²) in [5, 5.41) is 26.2. The maximum Gasteiger partial charge on any atom is 0.301 e. The van der Waals surface area contributed by atoms with Gasteiger partial charge in [-0.25, -0.2) is 23.7 Å². The van der Waals surface area contributed by atoms with E-state index in [2.05, 4.69) is 35.2 Å². The van der Waals surface area contributed by atoms with Gasteiger partial charge < -0.3 is 25.0 Å². The van der Waals surface area contributed by atoms with Crippen LogP contribution in [0.1, 0.15) is 49.7 Å². The first-order valence-electron chi connectivity index (χ1n) is 21.5. The van der Waals surface area contributed by atoms with Crippen LogP contribution >= 0.6 is 0 Å². The van der Waals surface area contributed by atoms with Crippen LogP contribution in [-0.4, -0.2) is 130 Å². The normalized spacial score (nSPS) is 17.3. The summed E-state index contributed by atoms with van der Waals surface area (Å²) < 4.78 is 65.7. The molecule has 20 nitrogen and oxygen atoms in total. The van der Waals surface area contributed by atoms with Gasteiger partial charge in [-0.1, -0.05) is 13.0 Å². The zero-order chi connectivity index (χ0) is 47.6. The number of imide groups is 1. The number of benzene rings is 3. The summed E-state index contributed by atoms with van der Waals surface area (Å²) in [6, 6.07) is 10.5. The molecule has 4 N–H and O–H groups in total. The summed E-state index contributed by atoms with van der Waals surface area (Å²) >= 11 is 0. The molecule has 0 spiro atoms. The minimum Gasteiger partial charge on any atom is -0.504 e. The van der Waals surface area contributed by atoms with Crippen LogP contribution in [0.3, 0.4) is 0 Å². The highest BCUT2D eigenvalue weighted by Gasteiger charge is 2.30. The maximum atomic E-state index is 15.2. The Hall–Kier alpha value is -7.29. The van der Waals surface area contributed by atoms with E-state index in [1.165, 1.54) is 44.0 Å². The van der Waals surface area contributed by atoms with Crippen molar-refractivity contribution in [2.45, 2.75) is 44.6 Å². The number of nitriles is 1. The Morgan fingerprint density at radius 1 is 0.985 bits per heavy atom. The number of phenolic OH excluding ortho intramolecular Hbond substituents is 1. The van der Waals surface area contributed by atoms with Crippen molar-refractivity contribution >= 4 is 56.2 Å². The number of hydrogen-bond donors (Lipinski definition) is 4. The average molecular weight is 941 g/mol. The number of piperidine rings is 2. The predicted octanol–water partition coefficient (Wildman–Crippen LogP) is 3.18. The fourth-order valence-corrected chi connectivity index (χ4v) is 9.16. The third-order valence-electron chi connectivity index (χ3n) is 12.2. The summed E-state index contributed by atoms with van der Waals surface area (Å²) in [7, 11) is -2.79. The quantitative estimate of drug-likeness (QED) is 0.124. The highest BCUT2D eigenvalue weighted by molar-refractivity contribution is 7.90. The van der Waals surface area contributed by atoms with E-state index in [4.69, 9.17) is 4.74 Å². The second-order valence-corrected chi connectivity index (χ2v) is 18.1. The molecule has 0 saturated carbocycles. The number of likely N-dealkylation sites (tertiary alicyclic amines) is 1. The fourth-order valence-electron chi connectivity index (χ4n) is 8.22. The van der Waals surface area contributed by atoms with Crippen molar-refractivity contribution in [3.05, 3.63) is 94.3 Å². The van der Waals surface area contributed by atoms with Gasteiger partial charge in [0, 0.05) is 51.9 Å². The number of aromatic hydroxyl groups is 1. The van der Waals surface area contributed by atoms with Crippen molar-refractivity contribution in [2.24, 2.45) is 0 Å². The summed E-state index contributed by atoms with van der Waals surface area (Å²) in [4.78, 5) is 69.7. The van der Waals surface area contributed by atoms with Gasteiger partial charge in [0.15, 0.2) is 23.1 Å². The van der Waals surface area contributed by atoms with Crippen molar-refractivity contribution in [2.75, 3.05) is 74.3 Å². The summed E-state index contributed by atoms with van der Waals surface area (Å²) in [6.07, 6.45) is 5.96. The number of ether oxygens (including phenoxy) is 1. The smallest absolute Gasteiger partial charge is 0.301 e. The van der Waals surface area contributed by atoms with E-state index >= 15 is 8.78 Å². The van der Waals surface area contributed by atoms with Gasteiger partial charge in [-0.05, 0) is 80.2 Å². The number of rotatable bonds is 13. The van der Waals surface area contributed by atoms with Gasteiger partial charge in [0.25, 0.3) is 5.56 Å². The summed E-state index contributed by atoms with van der Waals surface area (Å²) in [5.41, 5.74) is -0.166. The average Bonchev–Trinajstić information content (AvgIpc) is 3.32. The number of phenols is 1. The lowest BCUT2D eigenvalue weighted by molar-refractivity contribution is -0.134. The van der Waals surface area contributed by atoms with Crippen LogP contribution in [0.15, 0.2) is 66.0 Å². The Morgan fingerprint density at radius 3 is 2.39 bits per heavy atom. The molecule has 8 rings (SSSR count). The lowest BCUT2D eigenvalue weighted by Crippen LogP contribution is -2.52. The number of piperazine rings is 1. The number of amides is 3. The van der Waals surface area contributed by atoms with E-state index in [0.29, 0.717) is 75.7 Å². The lowest BCUT2D eigenvalue weighted by atomic mass is 9.89. The van der Waals surface area contributed by atoms with Crippen LogP contribution in [0.5, 0.6) is 17.2 Å². The van der Waals surface area contributed by atoms with E-state index in [9.17, 15) is 38.0 Å². The molecule has 0 bridgehead atoms. The number of carbonyl (C=O) groups is 3. The Bertz CT molecular complexity index is 2950. The van der Waals surface area contributed by atoms with Crippen molar-refractivity contribution in [1.82, 2.24) is 38.9 Å². The Balaban J connectivity index is 0.860. The van der Waals surface area contributed by atoms with E-state index < -0.39 is 56.3 Å². The molecule has 3 fully saturated rings. The van der Waals surface area contributed by atoms with E-state index in [1.807, 2.05) is 4.90 Å². The standard InChI is InChI=1S/C44H46F2N12O8S/c1-3-54(2)67(64,65)53-33-7-6-31(45)41(30(33)21-47)66-36-10-8-34-39(40(36)61)43(63)58(25-50-34)28-22-48-44(49-23-28)57-18-16-56(17-19-57)38(60)24-55-14-12-26(13-15-55)29-5-4-27(20-32(29)46)51-35-9-11-37(59)52-42(35)62/h4-8,10,20,22-23,25-26,35,51,53,61H,3,9,11-19,24H2,1-2H3,(H,52,59,62). The first-order chi connectivity index (χ1) is 32.1. The first kappa shape index (κ1) is 46.2. The molecular formula is C44H46F2N12O8S. The van der Waals surface area contributed by atoms with E-state index in [0.717, 1.165) is 21.0 Å².